The molecule has 25 heavy (non-hydrogen) atoms. The molecule has 8 nitrogen and oxygen atoms in total. The van der Waals surface area contributed by atoms with Crippen LogP contribution in [0.3, 0.4) is 0 Å². The Morgan fingerprint density at radius 2 is 2.04 bits per heavy atom. The molecule has 1 aliphatic heterocycles. The van der Waals surface area contributed by atoms with Gasteiger partial charge in [0.2, 0.25) is 10.0 Å². The number of benzene rings is 1. The summed E-state index contributed by atoms with van der Waals surface area (Å²) in [5, 5.41) is 11.6. The molecule has 1 aromatic rings. The van der Waals surface area contributed by atoms with Crippen LogP contribution in [-0.4, -0.2) is 61.9 Å². The second kappa shape index (κ2) is 7.36. The topological polar surface area (TPSA) is 107 Å². The van der Waals surface area contributed by atoms with E-state index in [9.17, 15) is 22.4 Å². The summed E-state index contributed by atoms with van der Waals surface area (Å²) in [5.41, 5.74) is 0.115. The minimum absolute atomic E-state index is 0.0746. The molecule has 0 saturated carbocycles. The number of likely N-dealkylation sites (tertiary alicyclic amines) is 1. The van der Waals surface area contributed by atoms with Gasteiger partial charge in [0.25, 0.3) is 0 Å². The highest BCUT2D eigenvalue weighted by Crippen LogP contribution is 2.23. The molecule has 1 atom stereocenters. The van der Waals surface area contributed by atoms with E-state index in [0.29, 0.717) is 19.4 Å². The number of aliphatic carboxylic acids is 1. The van der Waals surface area contributed by atoms with Crippen LogP contribution in [0.5, 0.6) is 0 Å². The number of amides is 2. The molecule has 0 spiro atoms. The number of carbonyl (C=O) groups is 2. The monoisotopic (exact) mass is 373 g/mol. The Morgan fingerprint density at radius 1 is 1.36 bits per heavy atom. The van der Waals surface area contributed by atoms with Gasteiger partial charge in [0.05, 0.1) is 5.92 Å². The smallest absolute Gasteiger partial charge is 0.321 e. The van der Waals surface area contributed by atoms with Gasteiger partial charge >= 0.3 is 12.0 Å². The van der Waals surface area contributed by atoms with Gasteiger partial charge in [-0.2, -0.15) is 0 Å². The quantitative estimate of drug-likeness (QED) is 0.830. The Morgan fingerprint density at radius 3 is 2.64 bits per heavy atom. The van der Waals surface area contributed by atoms with Gasteiger partial charge in [-0.1, -0.05) is 0 Å². The number of nitrogens with one attached hydrogen (secondary N) is 1. The van der Waals surface area contributed by atoms with Crippen LogP contribution < -0.4 is 5.32 Å². The van der Waals surface area contributed by atoms with E-state index in [4.69, 9.17) is 5.11 Å². The zero-order valence-corrected chi connectivity index (χ0v) is 14.7. The van der Waals surface area contributed by atoms with Crippen LogP contribution in [0, 0.1) is 11.7 Å². The fraction of sp³-hybridized carbons (Fsp3) is 0.467. The third-order valence-corrected chi connectivity index (χ3v) is 5.83. The summed E-state index contributed by atoms with van der Waals surface area (Å²) in [6.45, 7) is 0.477. The van der Waals surface area contributed by atoms with E-state index in [0.717, 1.165) is 16.4 Å². The first kappa shape index (κ1) is 19.1. The number of urea groups is 1. The number of halogens is 1. The minimum Gasteiger partial charge on any atom is -0.481 e. The van der Waals surface area contributed by atoms with E-state index in [-0.39, 0.29) is 12.2 Å². The highest BCUT2D eigenvalue weighted by molar-refractivity contribution is 7.89. The number of hydrogen-bond acceptors (Lipinski definition) is 4. The summed E-state index contributed by atoms with van der Waals surface area (Å²) in [5.74, 6) is -2.51. The van der Waals surface area contributed by atoms with Gasteiger partial charge in [-0.15, -0.1) is 0 Å². The molecule has 1 saturated heterocycles. The summed E-state index contributed by atoms with van der Waals surface area (Å²) in [4.78, 5) is 24.2. The SMILES string of the molecule is CN(C)S(=O)(=O)c1cc(NC(=O)N2CCCC(C(=O)O)C2)ccc1F. The molecule has 0 bridgehead atoms. The number of carbonyl (C=O) groups excluding carboxylic acids is 1. The largest absolute Gasteiger partial charge is 0.481 e. The maximum atomic E-state index is 13.9. The van der Waals surface area contributed by atoms with Crippen LogP contribution in [0.15, 0.2) is 23.1 Å². The van der Waals surface area contributed by atoms with Crippen LogP contribution in [0.25, 0.3) is 0 Å². The zero-order valence-electron chi connectivity index (χ0n) is 13.9. The molecule has 2 rings (SSSR count). The van der Waals surface area contributed by atoms with Crippen molar-refractivity contribution in [1.29, 1.82) is 0 Å². The fourth-order valence-corrected chi connectivity index (χ4v) is 3.52. The van der Waals surface area contributed by atoms with Gasteiger partial charge in [-0.05, 0) is 31.0 Å². The van der Waals surface area contributed by atoms with Gasteiger partial charge in [0, 0.05) is 32.9 Å². The van der Waals surface area contributed by atoms with Crippen molar-refractivity contribution in [1.82, 2.24) is 9.21 Å². The van der Waals surface area contributed by atoms with Crippen LogP contribution >= 0.6 is 0 Å². The predicted molar refractivity (Wildman–Crippen MR) is 88.2 cm³/mol. The Hall–Kier alpha value is -2.20. The number of anilines is 1. The van der Waals surface area contributed by atoms with Crippen LogP contribution in [0.1, 0.15) is 12.8 Å². The van der Waals surface area contributed by atoms with Gasteiger partial charge < -0.3 is 15.3 Å². The highest BCUT2D eigenvalue weighted by atomic mass is 32.2. The number of sulfonamides is 1. The molecular weight excluding hydrogens is 353 g/mol. The van der Waals surface area contributed by atoms with Crippen molar-refractivity contribution >= 4 is 27.7 Å². The van der Waals surface area contributed by atoms with E-state index < -0.39 is 38.7 Å². The number of rotatable bonds is 4. The summed E-state index contributed by atoms with van der Waals surface area (Å²) in [6.07, 6.45) is 1.06. The lowest BCUT2D eigenvalue weighted by molar-refractivity contribution is -0.143. The average molecular weight is 373 g/mol. The number of nitrogens with zero attached hydrogens (tertiary/aromatic N) is 2. The van der Waals surface area contributed by atoms with Crippen molar-refractivity contribution < 1.29 is 27.5 Å². The van der Waals surface area contributed by atoms with E-state index in [1.165, 1.54) is 25.1 Å². The van der Waals surface area contributed by atoms with Crippen molar-refractivity contribution in [3.8, 4) is 0 Å². The van der Waals surface area contributed by atoms with E-state index >= 15 is 0 Å². The first-order chi connectivity index (χ1) is 11.6. The number of carboxylic acids is 1. The predicted octanol–water partition coefficient (Wildman–Crippen LogP) is 1.40. The van der Waals surface area contributed by atoms with Gasteiger partial charge in [-0.25, -0.2) is 21.9 Å². The molecule has 1 fully saturated rings. The molecule has 138 valence electrons. The standard InChI is InChI=1S/C15H20FN3O5S/c1-18(2)25(23,24)13-8-11(5-6-12(13)16)17-15(22)19-7-3-4-10(9-19)14(20)21/h5-6,8,10H,3-4,7,9H2,1-2H3,(H,17,22)(H,20,21). The molecule has 0 radical (unpaired) electrons. The van der Waals surface area contributed by atoms with E-state index in [2.05, 4.69) is 5.32 Å². The summed E-state index contributed by atoms with van der Waals surface area (Å²) < 4.78 is 39.0. The Kier molecular flexibility index (Phi) is 5.63. The molecule has 10 heteroatoms. The third kappa shape index (κ3) is 4.26. The third-order valence-electron chi connectivity index (χ3n) is 4.00. The maximum Gasteiger partial charge on any atom is 0.321 e. The van der Waals surface area contributed by atoms with Crippen LogP contribution in [0.2, 0.25) is 0 Å². The second-order valence-electron chi connectivity index (χ2n) is 5.99. The zero-order chi connectivity index (χ0) is 18.8. The summed E-state index contributed by atoms with van der Waals surface area (Å²) in [7, 11) is -1.44. The van der Waals surface area contributed by atoms with Crippen molar-refractivity contribution in [2.24, 2.45) is 5.92 Å². The minimum atomic E-state index is -4.00. The van der Waals surface area contributed by atoms with Gasteiger partial charge in [0.1, 0.15) is 10.7 Å². The normalized spacial score (nSPS) is 18.2. The summed E-state index contributed by atoms with van der Waals surface area (Å²) >= 11 is 0. The molecule has 0 aromatic heterocycles. The van der Waals surface area contributed by atoms with Crippen LogP contribution in [-0.2, 0) is 14.8 Å². The first-order valence-electron chi connectivity index (χ1n) is 7.63. The number of hydrogen-bond donors (Lipinski definition) is 2. The van der Waals surface area contributed by atoms with E-state index in [1.807, 2.05) is 0 Å². The molecular formula is C15H20FN3O5S. The molecule has 0 aliphatic carbocycles. The lowest BCUT2D eigenvalue weighted by Crippen LogP contribution is -2.44. The molecule has 1 aliphatic rings. The fourth-order valence-electron chi connectivity index (χ4n) is 2.54. The van der Waals surface area contributed by atoms with Crippen molar-refractivity contribution in [2.45, 2.75) is 17.7 Å². The molecule has 1 heterocycles. The highest BCUT2D eigenvalue weighted by Gasteiger charge is 2.28. The maximum absolute atomic E-state index is 13.9. The lowest BCUT2D eigenvalue weighted by Gasteiger charge is -2.30. The molecule has 1 aromatic carbocycles. The van der Waals surface area contributed by atoms with Crippen molar-refractivity contribution in [3.05, 3.63) is 24.0 Å². The van der Waals surface area contributed by atoms with E-state index in [1.54, 1.807) is 0 Å². The van der Waals surface area contributed by atoms with Gasteiger partial charge in [-0.3, -0.25) is 4.79 Å². The van der Waals surface area contributed by atoms with Crippen molar-refractivity contribution in [2.75, 3.05) is 32.5 Å². The number of carboxylic acid groups (broad SMARTS) is 1. The van der Waals surface area contributed by atoms with Crippen LogP contribution in [0.4, 0.5) is 14.9 Å². The average Bonchev–Trinajstić information content (AvgIpc) is 2.56. The van der Waals surface area contributed by atoms with Crippen molar-refractivity contribution in [3.63, 3.8) is 0 Å². The Balaban J connectivity index is 2.18. The number of piperidine rings is 1. The second-order valence-corrected chi connectivity index (χ2v) is 8.11. The molecule has 2 amide bonds. The Labute approximate surface area is 145 Å². The van der Waals surface area contributed by atoms with Gasteiger partial charge in [0.15, 0.2) is 0 Å². The molecule has 1 unspecified atom stereocenters. The Bertz CT molecular complexity index is 781. The lowest BCUT2D eigenvalue weighted by atomic mass is 9.99. The first-order valence-corrected chi connectivity index (χ1v) is 9.07. The molecule has 2 N–H and O–H groups in total. The summed E-state index contributed by atoms with van der Waals surface area (Å²) in [6, 6.07) is 2.70.